The van der Waals surface area contributed by atoms with Gasteiger partial charge in [-0.2, -0.15) is 0 Å². The van der Waals surface area contributed by atoms with E-state index in [4.69, 9.17) is 10.5 Å². The zero-order valence-electron chi connectivity index (χ0n) is 16.9. The van der Waals surface area contributed by atoms with E-state index in [0.717, 1.165) is 25.3 Å². The Labute approximate surface area is 185 Å². The van der Waals surface area contributed by atoms with Gasteiger partial charge in [-0.15, -0.1) is 24.0 Å². The second-order valence-corrected chi connectivity index (χ2v) is 7.42. The summed E-state index contributed by atoms with van der Waals surface area (Å²) >= 11 is 0. The van der Waals surface area contributed by atoms with Crippen LogP contribution >= 0.6 is 24.0 Å². The fourth-order valence-electron chi connectivity index (χ4n) is 3.60. The minimum absolute atomic E-state index is 0. The van der Waals surface area contributed by atoms with Gasteiger partial charge >= 0.3 is 0 Å². The molecule has 2 atom stereocenters. The minimum atomic E-state index is 0. The highest BCUT2D eigenvalue weighted by molar-refractivity contribution is 14.0. The van der Waals surface area contributed by atoms with Crippen LogP contribution in [-0.4, -0.2) is 36.2 Å². The molecule has 2 unspecified atom stereocenters. The van der Waals surface area contributed by atoms with Gasteiger partial charge in [-0.3, -0.25) is 4.90 Å². The summed E-state index contributed by atoms with van der Waals surface area (Å²) in [6.45, 7) is 9.72. The molecule has 3 N–H and O–H groups in total. The minimum Gasteiger partial charge on any atom is -0.373 e. The molecular formula is C22H31IN4O. The van der Waals surface area contributed by atoms with Gasteiger partial charge in [-0.05, 0) is 49.6 Å². The molecule has 1 heterocycles. The quantitative estimate of drug-likeness (QED) is 0.373. The van der Waals surface area contributed by atoms with Gasteiger partial charge < -0.3 is 15.8 Å². The SMILES string of the molecule is Cc1cccc(NC(N)=NCc2ccccc2CN2CC(C)OC(C)C2)c1.I. The maximum atomic E-state index is 6.09. The fourth-order valence-corrected chi connectivity index (χ4v) is 3.60. The van der Waals surface area contributed by atoms with Crippen molar-refractivity contribution in [3.05, 3.63) is 65.2 Å². The van der Waals surface area contributed by atoms with Crippen molar-refractivity contribution >= 4 is 35.6 Å². The molecule has 0 aliphatic carbocycles. The number of benzene rings is 2. The van der Waals surface area contributed by atoms with E-state index in [-0.39, 0.29) is 36.2 Å². The van der Waals surface area contributed by atoms with Crippen LogP contribution in [0.5, 0.6) is 0 Å². The average Bonchev–Trinajstić information content (AvgIpc) is 2.60. The molecule has 5 nitrogen and oxygen atoms in total. The van der Waals surface area contributed by atoms with Crippen LogP contribution in [0.25, 0.3) is 0 Å². The number of hydrogen-bond donors (Lipinski definition) is 2. The Bertz CT molecular complexity index is 786. The lowest BCUT2D eigenvalue weighted by Gasteiger charge is -2.35. The van der Waals surface area contributed by atoms with E-state index >= 15 is 0 Å². The first-order chi connectivity index (χ1) is 13.0. The Morgan fingerprint density at radius 2 is 1.79 bits per heavy atom. The van der Waals surface area contributed by atoms with Gasteiger partial charge in [-0.25, -0.2) is 4.99 Å². The topological polar surface area (TPSA) is 62.9 Å². The molecule has 0 bridgehead atoms. The van der Waals surface area contributed by atoms with Gasteiger partial charge in [0.15, 0.2) is 5.96 Å². The number of nitrogens with two attached hydrogens (primary N) is 1. The molecule has 2 aromatic carbocycles. The van der Waals surface area contributed by atoms with E-state index in [9.17, 15) is 0 Å². The number of nitrogens with zero attached hydrogens (tertiary/aromatic N) is 2. The number of aliphatic imine (C=N–C) groups is 1. The monoisotopic (exact) mass is 494 g/mol. The summed E-state index contributed by atoms with van der Waals surface area (Å²) in [7, 11) is 0. The van der Waals surface area contributed by atoms with Crippen LogP contribution in [-0.2, 0) is 17.8 Å². The van der Waals surface area contributed by atoms with E-state index in [1.165, 1.54) is 16.7 Å². The van der Waals surface area contributed by atoms with Crippen molar-refractivity contribution in [2.75, 3.05) is 18.4 Å². The average molecular weight is 494 g/mol. The first kappa shape index (κ1) is 22.6. The lowest BCUT2D eigenvalue weighted by Crippen LogP contribution is -2.44. The Morgan fingerprint density at radius 1 is 1.11 bits per heavy atom. The molecule has 0 radical (unpaired) electrons. The predicted molar refractivity (Wildman–Crippen MR) is 127 cm³/mol. The van der Waals surface area contributed by atoms with Crippen LogP contribution in [0.15, 0.2) is 53.5 Å². The number of ether oxygens (including phenoxy) is 1. The van der Waals surface area contributed by atoms with Crippen LogP contribution in [0.3, 0.4) is 0 Å². The van der Waals surface area contributed by atoms with Gasteiger partial charge in [0.25, 0.3) is 0 Å². The highest BCUT2D eigenvalue weighted by atomic mass is 127. The molecule has 1 saturated heterocycles. The first-order valence-corrected chi connectivity index (χ1v) is 9.58. The second kappa shape index (κ2) is 10.8. The van der Waals surface area contributed by atoms with E-state index < -0.39 is 0 Å². The number of anilines is 1. The molecule has 0 amide bonds. The molecule has 1 fully saturated rings. The highest BCUT2D eigenvalue weighted by Crippen LogP contribution is 2.18. The summed E-state index contributed by atoms with van der Waals surface area (Å²) in [5, 5.41) is 3.17. The molecule has 0 spiro atoms. The van der Waals surface area contributed by atoms with Gasteiger partial charge in [-0.1, -0.05) is 36.4 Å². The molecular weight excluding hydrogens is 463 g/mol. The Morgan fingerprint density at radius 3 is 2.46 bits per heavy atom. The molecule has 2 aromatic rings. The zero-order chi connectivity index (χ0) is 19.2. The summed E-state index contributed by atoms with van der Waals surface area (Å²) in [5.74, 6) is 0.434. The van der Waals surface area contributed by atoms with Crippen molar-refractivity contribution in [2.45, 2.75) is 46.1 Å². The maximum absolute atomic E-state index is 6.09. The Hall–Kier alpha value is -1.64. The van der Waals surface area contributed by atoms with Crippen molar-refractivity contribution in [1.82, 2.24) is 4.90 Å². The van der Waals surface area contributed by atoms with Gasteiger partial charge in [0.05, 0.1) is 18.8 Å². The Kier molecular flexibility index (Phi) is 8.72. The molecule has 3 rings (SSSR count). The molecule has 1 aliphatic heterocycles. The maximum Gasteiger partial charge on any atom is 0.193 e. The van der Waals surface area contributed by atoms with Crippen LogP contribution in [0.2, 0.25) is 0 Å². The number of aryl methyl sites for hydroxylation is 1. The predicted octanol–water partition coefficient (Wildman–Crippen LogP) is 4.15. The lowest BCUT2D eigenvalue weighted by atomic mass is 10.1. The van der Waals surface area contributed by atoms with E-state index in [0.29, 0.717) is 12.5 Å². The summed E-state index contributed by atoms with van der Waals surface area (Å²) < 4.78 is 5.84. The number of halogens is 1. The lowest BCUT2D eigenvalue weighted by molar-refractivity contribution is -0.0705. The molecule has 6 heteroatoms. The highest BCUT2D eigenvalue weighted by Gasteiger charge is 2.22. The van der Waals surface area contributed by atoms with Crippen molar-refractivity contribution in [3.63, 3.8) is 0 Å². The molecule has 0 saturated carbocycles. The number of nitrogens with one attached hydrogen (secondary N) is 1. The van der Waals surface area contributed by atoms with Crippen LogP contribution in [0.4, 0.5) is 5.69 Å². The summed E-state index contributed by atoms with van der Waals surface area (Å²) in [4.78, 5) is 7.00. The zero-order valence-corrected chi connectivity index (χ0v) is 19.2. The summed E-state index contributed by atoms with van der Waals surface area (Å²) in [5.41, 5.74) is 10.7. The van der Waals surface area contributed by atoms with Crippen molar-refractivity contribution < 1.29 is 4.74 Å². The van der Waals surface area contributed by atoms with Crippen LogP contribution in [0, 0.1) is 6.92 Å². The third kappa shape index (κ3) is 6.76. The number of guanidine groups is 1. The normalized spacial score (nSPS) is 20.5. The number of morpholine rings is 1. The smallest absolute Gasteiger partial charge is 0.193 e. The molecule has 1 aliphatic rings. The van der Waals surface area contributed by atoms with Crippen LogP contribution in [0.1, 0.15) is 30.5 Å². The second-order valence-electron chi connectivity index (χ2n) is 7.42. The molecule has 28 heavy (non-hydrogen) atoms. The Balaban J connectivity index is 0.00000280. The number of hydrogen-bond acceptors (Lipinski definition) is 3. The largest absolute Gasteiger partial charge is 0.373 e. The molecule has 152 valence electrons. The first-order valence-electron chi connectivity index (χ1n) is 9.58. The number of rotatable bonds is 5. The van der Waals surface area contributed by atoms with E-state index in [1.807, 2.05) is 12.1 Å². The van der Waals surface area contributed by atoms with Gasteiger partial charge in [0, 0.05) is 25.3 Å². The van der Waals surface area contributed by atoms with Crippen LogP contribution < -0.4 is 11.1 Å². The van der Waals surface area contributed by atoms with Crippen molar-refractivity contribution in [3.8, 4) is 0 Å². The summed E-state index contributed by atoms with van der Waals surface area (Å²) in [6.07, 6.45) is 0.543. The van der Waals surface area contributed by atoms with Crippen molar-refractivity contribution in [2.24, 2.45) is 10.7 Å². The van der Waals surface area contributed by atoms with Gasteiger partial charge in [0.2, 0.25) is 0 Å². The van der Waals surface area contributed by atoms with Gasteiger partial charge in [0.1, 0.15) is 0 Å². The molecule has 0 aromatic heterocycles. The fraction of sp³-hybridized carbons (Fsp3) is 0.409. The third-order valence-electron chi connectivity index (χ3n) is 4.72. The van der Waals surface area contributed by atoms with Crippen molar-refractivity contribution in [1.29, 1.82) is 0 Å². The summed E-state index contributed by atoms with van der Waals surface area (Å²) in [6, 6.07) is 16.6. The standard InChI is InChI=1S/C22H30N4O.HI/c1-16-7-6-10-21(11-16)25-22(23)24-12-19-8-4-5-9-20(19)15-26-13-17(2)27-18(3)14-26;/h4-11,17-18H,12-15H2,1-3H3,(H3,23,24,25);1H. The van der Waals surface area contributed by atoms with E-state index in [2.05, 4.69) is 72.4 Å². The van der Waals surface area contributed by atoms with E-state index in [1.54, 1.807) is 0 Å². The third-order valence-corrected chi connectivity index (χ3v) is 4.72.